The van der Waals surface area contributed by atoms with Gasteiger partial charge in [0.25, 0.3) is 0 Å². The molecule has 0 aromatic carbocycles. The topological polar surface area (TPSA) is 84.2 Å². The average molecular weight is 461 g/mol. The minimum Gasteiger partial charge on any atom is -0.340 e. The van der Waals surface area contributed by atoms with E-state index < -0.39 is 0 Å². The first-order chi connectivity index (χ1) is 16.5. The highest BCUT2D eigenvalue weighted by atomic mass is 16.2. The van der Waals surface area contributed by atoms with Crippen molar-refractivity contribution in [2.75, 3.05) is 33.2 Å². The molecule has 3 aromatic rings. The Morgan fingerprint density at radius 1 is 0.971 bits per heavy atom. The number of carbonyl (C=O) groups is 2. The molecule has 1 aliphatic carbocycles. The summed E-state index contributed by atoms with van der Waals surface area (Å²) in [5.74, 6) is 0.594. The number of hydrogen-bond acceptors (Lipinski definition) is 6. The quantitative estimate of drug-likeness (QED) is 0.582. The molecule has 0 atom stereocenters. The lowest BCUT2D eigenvalue weighted by molar-refractivity contribution is -0.139. The molecular weight excluding hydrogens is 428 g/mol. The van der Waals surface area contributed by atoms with Gasteiger partial charge in [0.05, 0.1) is 17.4 Å². The summed E-state index contributed by atoms with van der Waals surface area (Å²) in [5.41, 5.74) is 3.40. The van der Waals surface area contributed by atoms with Crippen LogP contribution in [-0.4, -0.2) is 74.5 Å². The SMILES string of the molecule is CN1CCN(C(=O)C2CCC(C(=O)Cc3cc4nc(-c5cnn(C)c5)ccc4cn3)CC2)CC1. The van der Waals surface area contributed by atoms with Crippen molar-refractivity contribution in [2.45, 2.75) is 32.1 Å². The predicted octanol–water partition coefficient (Wildman–Crippen LogP) is 2.72. The van der Waals surface area contributed by atoms with Crippen LogP contribution < -0.4 is 0 Å². The van der Waals surface area contributed by atoms with Gasteiger partial charge in [-0.15, -0.1) is 0 Å². The molecule has 3 aromatic heterocycles. The van der Waals surface area contributed by atoms with Crippen LogP contribution in [-0.2, 0) is 23.1 Å². The first-order valence-corrected chi connectivity index (χ1v) is 12.2. The normalized spacial score (nSPS) is 21.6. The number of rotatable bonds is 5. The molecule has 8 heteroatoms. The van der Waals surface area contributed by atoms with Gasteiger partial charge >= 0.3 is 0 Å². The summed E-state index contributed by atoms with van der Waals surface area (Å²) in [7, 11) is 3.98. The summed E-state index contributed by atoms with van der Waals surface area (Å²) in [6.07, 6.45) is 9.04. The van der Waals surface area contributed by atoms with Gasteiger partial charge in [-0.05, 0) is 50.9 Å². The molecule has 2 aliphatic rings. The van der Waals surface area contributed by atoms with E-state index in [9.17, 15) is 9.59 Å². The highest BCUT2D eigenvalue weighted by Gasteiger charge is 2.33. The van der Waals surface area contributed by atoms with E-state index in [1.165, 1.54) is 0 Å². The van der Waals surface area contributed by atoms with E-state index in [1.54, 1.807) is 17.1 Å². The van der Waals surface area contributed by atoms with Gasteiger partial charge in [0.1, 0.15) is 5.78 Å². The van der Waals surface area contributed by atoms with Crippen LogP contribution >= 0.6 is 0 Å². The number of aromatic nitrogens is 4. The van der Waals surface area contributed by atoms with Crippen molar-refractivity contribution in [3.8, 4) is 11.3 Å². The van der Waals surface area contributed by atoms with Gasteiger partial charge in [0, 0.05) is 80.5 Å². The van der Waals surface area contributed by atoms with Crippen LogP contribution in [0.1, 0.15) is 31.4 Å². The Kier molecular flexibility index (Phi) is 6.41. The maximum absolute atomic E-state index is 13.0. The monoisotopic (exact) mass is 460 g/mol. The number of pyridine rings is 2. The Hall–Kier alpha value is -3.13. The summed E-state index contributed by atoms with van der Waals surface area (Å²) in [6.45, 7) is 3.52. The molecule has 34 heavy (non-hydrogen) atoms. The number of Topliss-reactive ketones (excluding diaryl/α,β-unsaturated/α-hetero) is 1. The lowest BCUT2D eigenvalue weighted by Crippen LogP contribution is -2.49. The standard InChI is InChI=1S/C26H32N6O2/c1-30-9-11-32(12-10-30)26(34)19-5-3-18(4-6-19)25(33)14-22-13-24-20(15-27-22)7-8-23(29-24)21-16-28-31(2)17-21/h7-8,13,15-19H,3-6,9-12,14H2,1-2H3. The Balaban J connectivity index is 1.20. The minimum absolute atomic E-state index is 0.0173. The van der Waals surface area contributed by atoms with Crippen molar-refractivity contribution in [2.24, 2.45) is 18.9 Å². The maximum Gasteiger partial charge on any atom is 0.225 e. The Bertz CT molecular complexity index is 1190. The fourth-order valence-electron chi connectivity index (χ4n) is 5.14. The van der Waals surface area contributed by atoms with E-state index in [4.69, 9.17) is 4.98 Å². The van der Waals surface area contributed by atoms with Crippen molar-refractivity contribution in [1.82, 2.24) is 29.5 Å². The highest BCUT2D eigenvalue weighted by molar-refractivity contribution is 5.86. The lowest BCUT2D eigenvalue weighted by atomic mass is 9.78. The van der Waals surface area contributed by atoms with E-state index in [-0.39, 0.29) is 23.5 Å². The van der Waals surface area contributed by atoms with E-state index in [0.717, 1.165) is 79.7 Å². The zero-order chi connectivity index (χ0) is 23.7. The summed E-state index contributed by atoms with van der Waals surface area (Å²) >= 11 is 0. The number of fused-ring (bicyclic) bond motifs is 1. The molecule has 8 nitrogen and oxygen atoms in total. The van der Waals surface area contributed by atoms with Crippen LogP contribution in [0.3, 0.4) is 0 Å². The summed E-state index contributed by atoms with van der Waals surface area (Å²) < 4.78 is 1.76. The molecule has 1 amide bonds. The summed E-state index contributed by atoms with van der Waals surface area (Å²) in [4.78, 5) is 39.5. The highest BCUT2D eigenvalue weighted by Crippen LogP contribution is 2.31. The molecule has 0 radical (unpaired) electrons. The third kappa shape index (κ3) is 4.87. The molecule has 1 saturated heterocycles. The van der Waals surface area contributed by atoms with Gasteiger partial charge in [0.15, 0.2) is 0 Å². The number of nitrogens with zero attached hydrogens (tertiary/aromatic N) is 6. The zero-order valence-corrected chi connectivity index (χ0v) is 20.0. The third-order valence-electron chi connectivity index (χ3n) is 7.33. The van der Waals surface area contributed by atoms with Crippen LogP contribution in [0.5, 0.6) is 0 Å². The zero-order valence-electron chi connectivity index (χ0n) is 20.0. The van der Waals surface area contributed by atoms with E-state index in [0.29, 0.717) is 6.42 Å². The molecule has 5 rings (SSSR count). The first kappa shape index (κ1) is 22.7. The predicted molar refractivity (Wildman–Crippen MR) is 130 cm³/mol. The molecule has 0 N–H and O–H groups in total. The number of amides is 1. The van der Waals surface area contributed by atoms with Crippen LogP contribution in [0.25, 0.3) is 22.2 Å². The van der Waals surface area contributed by atoms with Crippen LogP contribution in [0.4, 0.5) is 0 Å². The molecule has 1 saturated carbocycles. The smallest absolute Gasteiger partial charge is 0.225 e. The number of likely N-dealkylation sites (N-methyl/N-ethyl adjacent to an activating group) is 1. The Labute approximate surface area is 200 Å². The first-order valence-electron chi connectivity index (χ1n) is 12.2. The van der Waals surface area contributed by atoms with Crippen molar-refractivity contribution in [1.29, 1.82) is 0 Å². The molecular formula is C26H32N6O2. The van der Waals surface area contributed by atoms with Gasteiger partial charge < -0.3 is 9.80 Å². The van der Waals surface area contributed by atoms with Crippen LogP contribution in [0.2, 0.25) is 0 Å². The molecule has 4 heterocycles. The van der Waals surface area contributed by atoms with Crippen molar-refractivity contribution < 1.29 is 9.59 Å². The van der Waals surface area contributed by atoms with Gasteiger partial charge in [-0.25, -0.2) is 4.98 Å². The third-order valence-corrected chi connectivity index (χ3v) is 7.33. The van der Waals surface area contributed by atoms with Gasteiger partial charge in [-0.1, -0.05) is 0 Å². The maximum atomic E-state index is 13.0. The molecule has 2 fully saturated rings. The van der Waals surface area contributed by atoms with Crippen LogP contribution in [0.15, 0.2) is 36.8 Å². The average Bonchev–Trinajstić information content (AvgIpc) is 3.30. The second-order valence-electron chi connectivity index (χ2n) is 9.79. The fourth-order valence-corrected chi connectivity index (χ4v) is 5.14. The van der Waals surface area contributed by atoms with Gasteiger partial charge in [-0.3, -0.25) is 19.3 Å². The molecule has 0 bridgehead atoms. The summed E-state index contributed by atoms with van der Waals surface area (Å²) in [5, 5.41) is 5.17. The van der Waals surface area contributed by atoms with E-state index in [1.807, 2.05) is 36.3 Å². The second kappa shape index (κ2) is 9.62. The van der Waals surface area contributed by atoms with Gasteiger partial charge in [-0.2, -0.15) is 5.10 Å². The lowest BCUT2D eigenvalue weighted by Gasteiger charge is -2.36. The summed E-state index contributed by atoms with van der Waals surface area (Å²) in [6, 6.07) is 5.89. The molecule has 1 aliphatic heterocycles. The Morgan fingerprint density at radius 3 is 2.41 bits per heavy atom. The second-order valence-corrected chi connectivity index (χ2v) is 9.79. The Morgan fingerprint density at radius 2 is 1.71 bits per heavy atom. The van der Waals surface area contributed by atoms with Crippen molar-refractivity contribution in [3.05, 3.63) is 42.5 Å². The van der Waals surface area contributed by atoms with Crippen LogP contribution in [0, 0.1) is 11.8 Å². The number of hydrogen-bond donors (Lipinski definition) is 0. The van der Waals surface area contributed by atoms with Crippen molar-refractivity contribution in [3.63, 3.8) is 0 Å². The number of carbonyl (C=O) groups excluding carboxylic acids is 2. The molecule has 0 unspecified atom stereocenters. The van der Waals surface area contributed by atoms with Gasteiger partial charge in [0.2, 0.25) is 5.91 Å². The van der Waals surface area contributed by atoms with Crippen molar-refractivity contribution >= 4 is 22.6 Å². The number of aryl methyl sites for hydroxylation is 1. The fraction of sp³-hybridized carbons (Fsp3) is 0.500. The minimum atomic E-state index is 0.0173. The number of ketones is 1. The number of piperazine rings is 1. The molecule has 178 valence electrons. The van der Waals surface area contributed by atoms with E-state index >= 15 is 0 Å². The molecule has 0 spiro atoms. The van der Waals surface area contributed by atoms with E-state index in [2.05, 4.69) is 22.0 Å². The largest absolute Gasteiger partial charge is 0.340 e.